The number of hydrogen-bond donors (Lipinski definition) is 1. The summed E-state index contributed by atoms with van der Waals surface area (Å²) < 4.78 is 0.974. The van der Waals surface area contributed by atoms with Crippen molar-refractivity contribution in [3.63, 3.8) is 0 Å². The lowest BCUT2D eigenvalue weighted by molar-refractivity contribution is -0.115. The van der Waals surface area contributed by atoms with Crippen LogP contribution in [0.1, 0.15) is 32.3 Å². The van der Waals surface area contributed by atoms with Crippen molar-refractivity contribution in [2.75, 3.05) is 23.3 Å². The van der Waals surface area contributed by atoms with Gasteiger partial charge in [-0.25, -0.2) is 4.98 Å². The van der Waals surface area contributed by atoms with Crippen LogP contribution in [0.5, 0.6) is 0 Å². The summed E-state index contributed by atoms with van der Waals surface area (Å²) in [6, 6.07) is 11.6. The number of carbonyl (C=O) groups excluding carboxylic acids is 1. The van der Waals surface area contributed by atoms with Gasteiger partial charge in [0.25, 0.3) is 0 Å². The Hall–Kier alpha value is -1.88. The molecular formula is C19H24BrN3O. The summed E-state index contributed by atoms with van der Waals surface area (Å²) >= 11 is 3.42. The van der Waals surface area contributed by atoms with Crippen LogP contribution in [0.25, 0.3) is 0 Å². The van der Waals surface area contributed by atoms with Crippen molar-refractivity contribution in [3.8, 4) is 0 Å². The largest absolute Gasteiger partial charge is 0.370 e. The molecule has 0 aliphatic carbocycles. The van der Waals surface area contributed by atoms with Gasteiger partial charge in [0.2, 0.25) is 5.91 Å². The van der Waals surface area contributed by atoms with Crippen LogP contribution in [0, 0.1) is 0 Å². The summed E-state index contributed by atoms with van der Waals surface area (Å²) in [5, 5.41) is 2.86. The summed E-state index contributed by atoms with van der Waals surface area (Å²) in [5.74, 6) is 0.527. The van der Waals surface area contributed by atoms with Crippen molar-refractivity contribution in [2.45, 2.75) is 33.1 Å². The maximum Gasteiger partial charge on any atom is 0.229 e. The van der Waals surface area contributed by atoms with E-state index in [2.05, 4.69) is 45.0 Å². The topological polar surface area (TPSA) is 45.2 Å². The van der Waals surface area contributed by atoms with E-state index in [9.17, 15) is 4.79 Å². The molecule has 0 unspecified atom stereocenters. The van der Waals surface area contributed by atoms with Gasteiger partial charge in [-0.1, -0.05) is 41.9 Å². The molecule has 1 amide bonds. The monoisotopic (exact) mass is 389 g/mol. The van der Waals surface area contributed by atoms with Crippen LogP contribution in [0.15, 0.2) is 47.1 Å². The fourth-order valence-corrected chi connectivity index (χ4v) is 3.02. The number of amides is 1. The maximum atomic E-state index is 12.1. The minimum absolute atomic E-state index is 0.0627. The number of halogens is 1. The molecule has 0 bridgehead atoms. The molecule has 0 aliphatic rings. The summed E-state index contributed by atoms with van der Waals surface area (Å²) in [6.07, 6.45) is 4.37. The Labute approximate surface area is 152 Å². The predicted molar refractivity (Wildman–Crippen MR) is 104 cm³/mol. The molecule has 0 spiro atoms. The van der Waals surface area contributed by atoms with Gasteiger partial charge in [0, 0.05) is 17.6 Å². The quantitative estimate of drug-likeness (QED) is 0.714. The van der Waals surface area contributed by atoms with Gasteiger partial charge in [-0.15, -0.1) is 0 Å². The molecule has 1 aromatic carbocycles. The maximum absolute atomic E-state index is 12.1. The lowest BCUT2D eigenvalue weighted by atomic mass is 10.1. The van der Waals surface area contributed by atoms with Crippen LogP contribution >= 0.6 is 15.9 Å². The van der Waals surface area contributed by atoms with E-state index >= 15 is 0 Å². The van der Waals surface area contributed by atoms with Gasteiger partial charge in [-0.3, -0.25) is 4.79 Å². The molecule has 0 fully saturated rings. The molecule has 0 saturated carbocycles. The van der Waals surface area contributed by atoms with Crippen LogP contribution in [0.3, 0.4) is 0 Å². The number of rotatable bonds is 8. The van der Waals surface area contributed by atoms with Crippen LogP contribution < -0.4 is 10.2 Å². The van der Waals surface area contributed by atoms with E-state index in [1.807, 2.05) is 42.6 Å². The first-order valence-corrected chi connectivity index (χ1v) is 9.17. The number of carbonyl (C=O) groups is 1. The van der Waals surface area contributed by atoms with E-state index in [-0.39, 0.29) is 5.91 Å². The van der Waals surface area contributed by atoms with Gasteiger partial charge >= 0.3 is 0 Å². The van der Waals surface area contributed by atoms with Crippen molar-refractivity contribution < 1.29 is 4.79 Å². The minimum Gasteiger partial charge on any atom is -0.370 e. The van der Waals surface area contributed by atoms with Gasteiger partial charge < -0.3 is 10.2 Å². The number of aromatic nitrogens is 1. The highest BCUT2D eigenvalue weighted by Gasteiger charge is 2.08. The lowest BCUT2D eigenvalue weighted by Crippen LogP contribution is -2.25. The number of benzene rings is 1. The number of nitrogens with one attached hydrogen (secondary N) is 1. The van der Waals surface area contributed by atoms with Crippen molar-refractivity contribution in [1.82, 2.24) is 4.98 Å². The molecule has 2 rings (SSSR count). The van der Waals surface area contributed by atoms with E-state index in [0.717, 1.165) is 41.7 Å². The first-order chi connectivity index (χ1) is 11.6. The van der Waals surface area contributed by atoms with Crippen LogP contribution in [0.4, 0.5) is 11.5 Å². The fraction of sp³-hybridized carbons (Fsp3) is 0.368. The highest BCUT2D eigenvalue weighted by atomic mass is 79.9. The third-order valence-electron chi connectivity index (χ3n) is 3.62. The Morgan fingerprint density at radius 1 is 1.17 bits per heavy atom. The third-order valence-corrected chi connectivity index (χ3v) is 4.11. The zero-order chi connectivity index (χ0) is 17.4. The summed E-state index contributed by atoms with van der Waals surface area (Å²) in [7, 11) is 0. The van der Waals surface area contributed by atoms with Gasteiger partial charge in [0.1, 0.15) is 5.82 Å². The number of hydrogen-bond acceptors (Lipinski definition) is 3. The van der Waals surface area contributed by atoms with E-state index < -0.39 is 0 Å². The van der Waals surface area contributed by atoms with Crippen LogP contribution in [-0.2, 0) is 11.2 Å². The summed E-state index contributed by atoms with van der Waals surface area (Å²) in [6.45, 7) is 6.38. The van der Waals surface area contributed by atoms with Crippen molar-refractivity contribution in [2.24, 2.45) is 0 Å². The van der Waals surface area contributed by atoms with Crippen molar-refractivity contribution in [1.29, 1.82) is 0 Å². The minimum atomic E-state index is -0.0627. The summed E-state index contributed by atoms with van der Waals surface area (Å²) in [4.78, 5) is 18.8. The Morgan fingerprint density at radius 3 is 2.50 bits per heavy atom. The Kier molecular flexibility index (Phi) is 7.25. The number of nitrogens with zero attached hydrogens (tertiary/aromatic N) is 2. The Morgan fingerprint density at radius 2 is 1.92 bits per heavy atom. The molecule has 1 N–H and O–H groups in total. The number of anilines is 2. The molecule has 2 aromatic rings. The normalized spacial score (nSPS) is 10.5. The molecule has 0 aliphatic heterocycles. The molecule has 0 atom stereocenters. The van der Waals surface area contributed by atoms with E-state index in [4.69, 9.17) is 0 Å². The molecule has 0 saturated heterocycles. The second kappa shape index (κ2) is 9.42. The third kappa shape index (κ3) is 5.64. The van der Waals surface area contributed by atoms with E-state index in [0.29, 0.717) is 12.2 Å². The second-order valence-corrected chi connectivity index (χ2v) is 6.66. The highest BCUT2D eigenvalue weighted by molar-refractivity contribution is 9.10. The molecule has 1 aromatic heterocycles. The SMILES string of the molecule is CCCN(CCC)c1ccc(NC(=O)Cc2cccc(Br)c2)nc1. The second-order valence-electron chi connectivity index (χ2n) is 5.74. The summed E-state index contributed by atoms with van der Waals surface area (Å²) in [5.41, 5.74) is 2.07. The zero-order valence-electron chi connectivity index (χ0n) is 14.3. The average Bonchev–Trinajstić information content (AvgIpc) is 2.55. The van der Waals surface area contributed by atoms with E-state index in [1.54, 1.807) is 0 Å². The first-order valence-electron chi connectivity index (χ1n) is 8.37. The molecular weight excluding hydrogens is 366 g/mol. The lowest BCUT2D eigenvalue weighted by Gasteiger charge is -2.23. The van der Waals surface area contributed by atoms with Gasteiger partial charge in [-0.2, -0.15) is 0 Å². The molecule has 5 heteroatoms. The Bertz CT molecular complexity index is 652. The first kappa shape index (κ1) is 18.5. The average molecular weight is 390 g/mol. The van der Waals surface area contributed by atoms with Crippen LogP contribution in [-0.4, -0.2) is 24.0 Å². The highest BCUT2D eigenvalue weighted by Crippen LogP contribution is 2.17. The fourth-order valence-electron chi connectivity index (χ4n) is 2.58. The molecule has 128 valence electrons. The molecule has 0 radical (unpaired) electrons. The predicted octanol–water partition coefficient (Wildman–Crippen LogP) is 4.65. The van der Waals surface area contributed by atoms with E-state index in [1.165, 1.54) is 0 Å². The smallest absolute Gasteiger partial charge is 0.229 e. The Balaban J connectivity index is 1.96. The molecule has 1 heterocycles. The molecule has 4 nitrogen and oxygen atoms in total. The van der Waals surface area contributed by atoms with Crippen molar-refractivity contribution in [3.05, 3.63) is 52.6 Å². The van der Waals surface area contributed by atoms with Crippen LogP contribution in [0.2, 0.25) is 0 Å². The molecule has 24 heavy (non-hydrogen) atoms. The van der Waals surface area contributed by atoms with Gasteiger partial charge in [0.05, 0.1) is 18.3 Å². The number of pyridine rings is 1. The zero-order valence-corrected chi connectivity index (χ0v) is 15.8. The standard InChI is InChI=1S/C19H24BrN3O/c1-3-10-23(11-4-2)17-8-9-18(21-14-17)22-19(24)13-15-6-5-7-16(20)12-15/h5-9,12,14H,3-4,10-11,13H2,1-2H3,(H,21,22,24). The van der Waals surface area contributed by atoms with Gasteiger partial charge in [0.15, 0.2) is 0 Å². The van der Waals surface area contributed by atoms with Gasteiger partial charge in [-0.05, 0) is 42.7 Å². The van der Waals surface area contributed by atoms with Crippen molar-refractivity contribution >= 4 is 33.3 Å².